The fourth-order valence-corrected chi connectivity index (χ4v) is 2.81. The Morgan fingerprint density at radius 1 is 1.28 bits per heavy atom. The molecule has 0 unspecified atom stereocenters. The number of amides is 1. The number of anilines is 1. The van der Waals surface area contributed by atoms with Crippen molar-refractivity contribution in [2.45, 2.75) is 6.92 Å². The molecule has 1 aliphatic rings. The fraction of sp³-hybridized carbons (Fsp3) is 0.0667. The van der Waals surface area contributed by atoms with Crippen molar-refractivity contribution in [3.05, 3.63) is 54.5 Å². The minimum atomic E-state index is -0.631. The molecule has 7 nitrogen and oxygen atoms in total. The maximum Gasteiger partial charge on any atom is 0.280 e. The van der Waals surface area contributed by atoms with Gasteiger partial charge in [0.15, 0.2) is 4.77 Å². The van der Waals surface area contributed by atoms with Crippen LogP contribution in [0.1, 0.15) is 12.5 Å². The topological polar surface area (TPSA) is 102 Å². The predicted octanol–water partition coefficient (Wildman–Crippen LogP) is 3.25. The first-order valence-corrected chi connectivity index (χ1v) is 8.06. The molecule has 0 saturated carbocycles. The Hall–Kier alpha value is -2.42. The first kappa shape index (κ1) is 17.4. The van der Waals surface area contributed by atoms with E-state index in [-0.39, 0.29) is 15.9 Å². The van der Waals surface area contributed by atoms with E-state index < -0.39 is 17.3 Å². The molecule has 0 bridgehead atoms. The second-order valence-corrected chi connectivity index (χ2v) is 6.38. The van der Waals surface area contributed by atoms with E-state index >= 15 is 0 Å². The van der Waals surface area contributed by atoms with Crippen molar-refractivity contribution >= 4 is 58.8 Å². The molecule has 2 aromatic rings. The number of halogens is 2. The van der Waals surface area contributed by atoms with Crippen LogP contribution < -0.4 is 10.6 Å². The summed E-state index contributed by atoms with van der Waals surface area (Å²) in [6.45, 7) is 1.60. The van der Waals surface area contributed by atoms with Gasteiger partial charge in [-0.05, 0) is 43.4 Å². The summed E-state index contributed by atoms with van der Waals surface area (Å²) in [7, 11) is 0. The van der Waals surface area contributed by atoms with Gasteiger partial charge >= 0.3 is 0 Å². The number of aromatic amines is 2. The Morgan fingerprint density at radius 3 is 2.68 bits per heavy atom. The number of aromatic hydroxyl groups is 1. The highest BCUT2D eigenvalue weighted by Gasteiger charge is 2.30. The number of hydrazone groups is 1. The lowest BCUT2D eigenvalue weighted by molar-refractivity contribution is -0.114. The van der Waals surface area contributed by atoms with Gasteiger partial charge in [-0.1, -0.05) is 23.2 Å². The second kappa shape index (κ2) is 6.47. The van der Waals surface area contributed by atoms with E-state index in [2.05, 4.69) is 15.1 Å². The average Bonchev–Trinajstić information content (AvgIpc) is 2.80. The smallest absolute Gasteiger partial charge is 0.280 e. The summed E-state index contributed by atoms with van der Waals surface area (Å²) in [5, 5.41) is 15.8. The van der Waals surface area contributed by atoms with Gasteiger partial charge in [0.05, 0.1) is 22.0 Å². The van der Waals surface area contributed by atoms with E-state index in [0.717, 1.165) is 5.01 Å². The lowest BCUT2D eigenvalue weighted by Crippen LogP contribution is -2.22. The Labute approximate surface area is 156 Å². The first-order chi connectivity index (χ1) is 11.8. The zero-order chi connectivity index (χ0) is 18.3. The molecule has 1 aromatic heterocycles. The van der Waals surface area contributed by atoms with Gasteiger partial charge in [-0.3, -0.25) is 14.6 Å². The van der Waals surface area contributed by atoms with E-state index in [0.29, 0.717) is 21.4 Å². The van der Waals surface area contributed by atoms with Gasteiger partial charge in [-0.15, -0.1) is 0 Å². The molecule has 2 heterocycles. The molecule has 3 N–H and O–H groups in total. The molecule has 0 spiro atoms. The maximum absolute atomic E-state index is 12.7. The SMILES string of the molecule is CC1=NN(c2cc(Cl)ccc2Cl)C(=O)/C1=C\c1c(O)[nH]c(=S)[nH]c1=O. The summed E-state index contributed by atoms with van der Waals surface area (Å²) >= 11 is 16.8. The van der Waals surface area contributed by atoms with Gasteiger partial charge in [-0.25, -0.2) is 0 Å². The summed E-state index contributed by atoms with van der Waals surface area (Å²) in [6, 6.07) is 4.64. The van der Waals surface area contributed by atoms with E-state index in [9.17, 15) is 14.7 Å². The van der Waals surface area contributed by atoms with Crippen LogP contribution in [0.5, 0.6) is 5.88 Å². The van der Waals surface area contributed by atoms with Gasteiger partial charge in [0.25, 0.3) is 11.5 Å². The summed E-state index contributed by atoms with van der Waals surface area (Å²) < 4.78 is -0.0277. The zero-order valence-electron chi connectivity index (χ0n) is 12.6. The van der Waals surface area contributed by atoms with Crippen LogP contribution in [0.25, 0.3) is 6.08 Å². The minimum absolute atomic E-state index is 0.0277. The molecular formula is C15H10Cl2N4O3S. The van der Waals surface area contributed by atoms with Gasteiger partial charge in [0.1, 0.15) is 5.56 Å². The maximum atomic E-state index is 12.7. The molecule has 0 radical (unpaired) electrons. The molecule has 0 atom stereocenters. The largest absolute Gasteiger partial charge is 0.494 e. The molecule has 128 valence electrons. The molecule has 3 rings (SSSR count). The van der Waals surface area contributed by atoms with Crippen LogP contribution in [0.2, 0.25) is 10.0 Å². The minimum Gasteiger partial charge on any atom is -0.494 e. The normalized spacial score (nSPS) is 15.8. The number of rotatable bonds is 2. The van der Waals surface area contributed by atoms with Gasteiger partial charge in [-0.2, -0.15) is 10.1 Å². The Morgan fingerprint density at radius 2 is 2.00 bits per heavy atom. The number of hydrogen-bond donors (Lipinski definition) is 3. The van der Waals surface area contributed by atoms with Crippen molar-refractivity contribution < 1.29 is 9.90 Å². The summed E-state index contributed by atoms with van der Waals surface area (Å²) in [4.78, 5) is 29.4. The van der Waals surface area contributed by atoms with Crippen LogP contribution in [-0.2, 0) is 4.79 Å². The zero-order valence-corrected chi connectivity index (χ0v) is 15.0. The van der Waals surface area contributed by atoms with E-state index in [1.807, 2.05) is 0 Å². The van der Waals surface area contributed by atoms with Crippen LogP contribution in [0.15, 0.2) is 33.7 Å². The number of nitrogens with zero attached hydrogens (tertiary/aromatic N) is 2. The average molecular weight is 397 g/mol. The van der Waals surface area contributed by atoms with Gasteiger partial charge < -0.3 is 10.1 Å². The van der Waals surface area contributed by atoms with Crippen molar-refractivity contribution in [2.75, 3.05) is 5.01 Å². The molecule has 0 fully saturated rings. The molecule has 10 heteroatoms. The monoisotopic (exact) mass is 396 g/mol. The van der Waals surface area contributed by atoms with Crippen LogP contribution in [-0.4, -0.2) is 26.7 Å². The van der Waals surface area contributed by atoms with Crippen molar-refractivity contribution in [1.29, 1.82) is 0 Å². The van der Waals surface area contributed by atoms with Gasteiger partial charge in [0.2, 0.25) is 5.88 Å². The molecule has 0 aliphatic carbocycles. The van der Waals surface area contributed by atoms with Crippen LogP contribution >= 0.6 is 35.4 Å². The van der Waals surface area contributed by atoms with Crippen molar-refractivity contribution in [2.24, 2.45) is 5.10 Å². The van der Waals surface area contributed by atoms with E-state index in [1.54, 1.807) is 19.1 Å². The highest BCUT2D eigenvalue weighted by molar-refractivity contribution is 7.71. The summed E-state index contributed by atoms with van der Waals surface area (Å²) in [5.41, 5.74) is 0.0244. The highest BCUT2D eigenvalue weighted by Crippen LogP contribution is 2.33. The Kier molecular flexibility index (Phi) is 4.51. The van der Waals surface area contributed by atoms with Crippen molar-refractivity contribution in [3.8, 4) is 5.88 Å². The lowest BCUT2D eigenvalue weighted by Gasteiger charge is -2.13. The number of H-pyrrole nitrogens is 2. The third-order valence-corrected chi connectivity index (χ3v) is 4.21. The van der Waals surface area contributed by atoms with Crippen LogP contribution in [0.4, 0.5) is 5.69 Å². The highest BCUT2D eigenvalue weighted by atomic mass is 35.5. The fourth-order valence-electron chi connectivity index (χ4n) is 2.26. The van der Waals surface area contributed by atoms with E-state index in [1.165, 1.54) is 12.1 Å². The summed E-state index contributed by atoms with van der Waals surface area (Å²) in [5.74, 6) is -0.955. The van der Waals surface area contributed by atoms with Crippen molar-refractivity contribution in [1.82, 2.24) is 9.97 Å². The van der Waals surface area contributed by atoms with Crippen LogP contribution in [0.3, 0.4) is 0 Å². The van der Waals surface area contributed by atoms with Crippen molar-refractivity contribution in [3.63, 3.8) is 0 Å². The molecule has 1 aromatic carbocycles. The Bertz CT molecular complexity index is 1070. The molecule has 1 amide bonds. The van der Waals surface area contributed by atoms with Crippen LogP contribution in [0, 0.1) is 4.77 Å². The Balaban J connectivity index is 2.09. The number of hydrogen-bond acceptors (Lipinski definition) is 5. The number of carbonyl (C=O) groups is 1. The molecule has 1 aliphatic heterocycles. The molecular weight excluding hydrogens is 387 g/mol. The quantitative estimate of drug-likeness (QED) is 0.535. The standard InChI is InChI=1S/C15H10Cl2N4O3S/c1-6-8(5-9-12(22)18-15(25)19-13(9)23)14(24)21(20-6)11-4-7(16)2-3-10(11)17/h2-5H,1H3,(H3,18,19,22,23,25)/b8-5-. The summed E-state index contributed by atoms with van der Waals surface area (Å²) in [6.07, 6.45) is 1.24. The molecule has 25 heavy (non-hydrogen) atoms. The second-order valence-electron chi connectivity index (χ2n) is 5.13. The number of benzene rings is 1. The number of aromatic nitrogens is 2. The first-order valence-electron chi connectivity index (χ1n) is 6.90. The van der Waals surface area contributed by atoms with Gasteiger partial charge in [0, 0.05) is 5.02 Å². The van der Waals surface area contributed by atoms with E-state index in [4.69, 9.17) is 35.4 Å². The number of nitrogens with one attached hydrogen (secondary N) is 2. The third-order valence-electron chi connectivity index (χ3n) is 3.45. The predicted molar refractivity (Wildman–Crippen MR) is 98.9 cm³/mol. The third kappa shape index (κ3) is 3.23. The number of carbonyl (C=O) groups excluding carboxylic acids is 1. The molecule has 0 saturated heterocycles. The lowest BCUT2D eigenvalue weighted by atomic mass is 10.1.